The minimum atomic E-state index is -4.38. The van der Waals surface area contributed by atoms with Gasteiger partial charge in [-0.15, -0.1) is 0 Å². The van der Waals surface area contributed by atoms with Gasteiger partial charge in [0.1, 0.15) is 11.5 Å². The van der Waals surface area contributed by atoms with Crippen molar-refractivity contribution in [3.8, 4) is 0 Å². The molecule has 0 aromatic carbocycles. The Bertz CT molecular complexity index is 817. The van der Waals surface area contributed by atoms with E-state index in [9.17, 15) is 18.0 Å². The van der Waals surface area contributed by atoms with Crippen LogP contribution in [-0.2, 0) is 6.18 Å². The Balaban J connectivity index is 1.39. The van der Waals surface area contributed by atoms with E-state index in [1.165, 1.54) is 18.9 Å². The molecular formula is C20H23F3N4O. The normalized spacial score (nSPS) is 18.7. The molecule has 0 atom stereocenters. The third-order valence-corrected chi connectivity index (χ3v) is 5.68. The van der Waals surface area contributed by atoms with E-state index in [0.29, 0.717) is 38.0 Å². The van der Waals surface area contributed by atoms with Crippen LogP contribution in [0.3, 0.4) is 0 Å². The molecule has 1 saturated carbocycles. The summed E-state index contributed by atoms with van der Waals surface area (Å²) in [6.07, 6.45) is 3.10. The van der Waals surface area contributed by atoms with Crippen molar-refractivity contribution in [3.05, 3.63) is 47.9 Å². The first kappa shape index (κ1) is 18.8. The number of pyridine rings is 1. The van der Waals surface area contributed by atoms with Gasteiger partial charge in [0.05, 0.1) is 5.56 Å². The fourth-order valence-electron chi connectivity index (χ4n) is 4.12. The summed E-state index contributed by atoms with van der Waals surface area (Å²) in [4.78, 5) is 20.7. The zero-order valence-electron chi connectivity index (χ0n) is 15.5. The van der Waals surface area contributed by atoms with Crippen LogP contribution in [0.4, 0.5) is 19.0 Å². The molecule has 1 aliphatic heterocycles. The van der Waals surface area contributed by atoms with Crippen LogP contribution >= 0.6 is 0 Å². The van der Waals surface area contributed by atoms with Gasteiger partial charge in [0.15, 0.2) is 0 Å². The second-order valence-electron chi connectivity index (χ2n) is 7.42. The van der Waals surface area contributed by atoms with E-state index >= 15 is 0 Å². The number of aromatic nitrogens is 2. The number of halogens is 3. The summed E-state index contributed by atoms with van der Waals surface area (Å²) in [5, 5.41) is 0. The van der Waals surface area contributed by atoms with Crippen molar-refractivity contribution in [2.24, 2.45) is 0 Å². The van der Waals surface area contributed by atoms with Crippen LogP contribution in [0, 0.1) is 0 Å². The number of alkyl halides is 3. The van der Waals surface area contributed by atoms with Gasteiger partial charge in [-0.2, -0.15) is 13.2 Å². The first-order chi connectivity index (χ1) is 13.4. The molecule has 5 nitrogen and oxygen atoms in total. The predicted octanol–water partition coefficient (Wildman–Crippen LogP) is 3.98. The Morgan fingerprint density at radius 2 is 1.75 bits per heavy atom. The van der Waals surface area contributed by atoms with Crippen LogP contribution in [0.1, 0.15) is 47.8 Å². The zero-order chi connectivity index (χ0) is 19.7. The smallest absolute Gasteiger partial charge is 0.353 e. The van der Waals surface area contributed by atoms with Gasteiger partial charge in [0.25, 0.3) is 5.91 Å². The van der Waals surface area contributed by atoms with Gasteiger partial charge in [-0.3, -0.25) is 4.79 Å². The maximum Gasteiger partial charge on any atom is 0.417 e. The molecule has 8 heteroatoms. The molecule has 2 fully saturated rings. The molecule has 0 unspecified atom stereocenters. The highest BCUT2D eigenvalue weighted by molar-refractivity contribution is 5.93. The standard InChI is InChI=1S/C20H23F3N4O/c21-20(22,23)15-7-8-18(24-14-15)25-10-12-26(13-11-25)19(28)17-6-3-9-27(17)16-4-1-2-5-16/h3,6-9,14,16H,1-2,4-5,10-13H2. The first-order valence-electron chi connectivity index (χ1n) is 9.68. The number of carbonyl (C=O) groups is 1. The second-order valence-corrected chi connectivity index (χ2v) is 7.42. The average molecular weight is 392 g/mol. The van der Waals surface area contributed by atoms with E-state index in [0.717, 1.165) is 30.8 Å². The fraction of sp³-hybridized carbons (Fsp3) is 0.500. The summed E-state index contributed by atoms with van der Waals surface area (Å²) in [6.45, 7) is 2.15. The van der Waals surface area contributed by atoms with Gasteiger partial charge in [0, 0.05) is 44.6 Å². The van der Waals surface area contributed by atoms with Crippen molar-refractivity contribution in [1.82, 2.24) is 14.5 Å². The van der Waals surface area contributed by atoms with E-state index in [1.54, 1.807) is 0 Å². The van der Waals surface area contributed by atoms with Crippen LogP contribution < -0.4 is 4.90 Å². The fourth-order valence-corrected chi connectivity index (χ4v) is 4.12. The van der Waals surface area contributed by atoms with Gasteiger partial charge in [-0.05, 0) is 37.1 Å². The van der Waals surface area contributed by atoms with Gasteiger partial charge < -0.3 is 14.4 Å². The summed E-state index contributed by atoms with van der Waals surface area (Å²) in [6, 6.07) is 6.66. The molecule has 2 aromatic heterocycles. The zero-order valence-corrected chi connectivity index (χ0v) is 15.5. The Kier molecular flexibility index (Phi) is 5.03. The molecule has 0 spiro atoms. The van der Waals surface area contributed by atoms with Gasteiger partial charge in [-0.25, -0.2) is 4.98 Å². The predicted molar refractivity (Wildman–Crippen MR) is 99.3 cm³/mol. The number of anilines is 1. The molecule has 1 aliphatic carbocycles. The summed E-state index contributed by atoms with van der Waals surface area (Å²) in [7, 11) is 0. The van der Waals surface area contributed by atoms with Crippen molar-refractivity contribution in [2.45, 2.75) is 37.9 Å². The molecule has 0 bridgehead atoms. The summed E-state index contributed by atoms with van der Waals surface area (Å²) in [5.74, 6) is 0.534. The van der Waals surface area contributed by atoms with Gasteiger partial charge in [-0.1, -0.05) is 12.8 Å². The second kappa shape index (κ2) is 7.48. The van der Waals surface area contributed by atoms with Crippen molar-refractivity contribution >= 4 is 11.7 Å². The van der Waals surface area contributed by atoms with Crippen LogP contribution in [-0.4, -0.2) is 46.5 Å². The number of nitrogens with zero attached hydrogens (tertiary/aromatic N) is 4. The quantitative estimate of drug-likeness (QED) is 0.794. The SMILES string of the molecule is O=C(c1cccn1C1CCCC1)N1CCN(c2ccc(C(F)(F)F)cn2)CC1. The third kappa shape index (κ3) is 3.72. The molecule has 2 aliphatic rings. The molecule has 3 heterocycles. The number of hydrogen-bond acceptors (Lipinski definition) is 3. The Hall–Kier alpha value is -2.51. The molecule has 150 valence electrons. The van der Waals surface area contributed by atoms with Crippen LogP contribution in [0.5, 0.6) is 0 Å². The van der Waals surface area contributed by atoms with Crippen molar-refractivity contribution in [3.63, 3.8) is 0 Å². The minimum Gasteiger partial charge on any atom is -0.353 e. The van der Waals surface area contributed by atoms with E-state index in [-0.39, 0.29) is 5.91 Å². The Morgan fingerprint density at radius 1 is 1.04 bits per heavy atom. The van der Waals surface area contributed by atoms with E-state index in [1.807, 2.05) is 28.1 Å². The lowest BCUT2D eigenvalue weighted by Gasteiger charge is -2.35. The lowest BCUT2D eigenvalue weighted by Crippen LogP contribution is -2.49. The highest BCUT2D eigenvalue weighted by Crippen LogP contribution is 2.31. The molecular weight excluding hydrogens is 369 g/mol. The monoisotopic (exact) mass is 392 g/mol. The lowest BCUT2D eigenvalue weighted by atomic mass is 10.2. The lowest BCUT2D eigenvalue weighted by molar-refractivity contribution is -0.137. The van der Waals surface area contributed by atoms with Crippen molar-refractivity contribution < 1.29 is 18.0 Å². The molecule has 0 N–H and O–H groups in total. The Morgan fingerprint density at radius 3 is 2.36 bits per heavy atom. The third-order valence-electron chi connectivity index (χ3n) is 5.68. The number of hydrogen-bond donors (Lipinski definition) is 0. The summed E-state index contributed by atoms with van der Waals surface area (Å²) >= 11 is 0. The van der Waals surface area contributed by atoms with E-state index < -0.39 is 11.7 Å². The van der Waals surface area contributed by atoms with Gasteiger partial charge >= 0.3 is 6.18 Å². The minimum absolute atomic E-state index is 0.0249. The Labute approximate surface area is 161 Å². The summed E-state index contributed by atoms with van der Waals surface area (Å²) in [5.41, 5.74) is -0.0225. The molecule has 2 aromatic rings. The van der Waals surface area contributed by atoms with E-state index in [4.69, 9.17) is 0 Å². The maximum atomic E-state index is 13.0. The van der Waals surface area contributed by atoms with Crippen LogP contribution in [0.25, 0.3) is 0 Å². The van der Waals surface area contributed by atoms with Crippen molar-refractivity contribution in [1.29, 1.82) is 0 Å². The van der Waals surface area contributed by atoms with Crippen LogP contribution in [0.15, 0.2) is 36.7 Å². The highest BCUT2D eigenvalue weighted by Gasteiger charge is 2.31. The molecule has 1 saturated heterocycles. The topological polar surface area (TPSA) is 41.4 Å². The number of piperazine rings is 1. The average Bonchev–Trinajstić information content (AvgIpc) is 3.38. The van der Waals surface area contributed by atoms with Gasteiger partial charge in [0.2, 0.25) is 0 Å². The molecule has 4 rings (SSSR count). The van der Waals surface area contributed by atoms with Crippen LogP contribution in [0.2, 0.25) is 0 Å². The molecule has 0 radical (unpaired) electrons. The molecule has 28 heavy (non-hydrogen) atoms. The number of amides is 1. The first-order valence-corrected chi connectivity index (χ1v) is 9.68. The molecule has 1 amide bonds. The number of carbonyl (C=O) groups excluding carboxylic acids is 1. The number of rotatable bonds is 3. The van der Waals surface area contributed by atoms with E-state index in [2.05, 4.69) is 9.55 Å². The van der Waals surface area contributed by atoms with Crippen molar-refractivity contribution in [2.75, 3.05) is 31.1 Å². The largest absolute Gasteiger partial charge is 0.417 e. The maximum absolute atomic E-state index is 13.0. The highest BCUT2D eigenvalue weighted by atomic mass is 19.4. The summed E-state index contributed by atoms with van der Waals surface area (Å²) < 4.78 is 40.2.